The number of rotatable bonds is 1. The van der Waals surface area contributed by atoms with E-state index in [0.29, 0.717) is 0 Å². The largest absolute Gasteiger partial charge is 0.331 e. The highest BCUT2D eigenvalue weighted by Gasteiger charge is 2.16. The van der Waals surface area contributed by atoms with Gasteiger partial charge < -0.3 is 4.57 Å². The number of nitrogens with zero attached hydrogens (tertiary/aromatic N) is 1. The van der Waals surface area contributed by atoms with Gasteiger partial charge in [0.1, 0.15) is 0 Å². The van der Waals surface area contributed by atoms with Crippen LogP contribution >= 0.6 is 0 Å². The molecule has 0 amide bonds. The van der Waals surface area contributed by atoms with E-state index in [0.717, 1.165) is 26.1 Å². The SMILES string of the molecule is CCc1ccc2c(c1)c(C)c1n2CNCC1. The average molecular weight is 214 g/mol. The molecular weight excluding hydrogens is 196 g/mol. The monoisotopic (exact) mass is 214 g/mol. The summed E-state index contributed by atoms with van der Waals surface area (Å²) in [5, 5.41) is 4.88. The number of hydrogen-bond donors (Lipinski definition) is 1. The van der Waals surface area contributed by atoms with E-state index >= 15 is 0 Å². The number of hydrogen-bond acceptors (Lipinski definition) is 1. The number of nitrogens with one attached hydrogen (secondary N) is 1. The van der Waals surface area contributed by atoms with Gasteiger partial charge in [-0.25, -0.2) is 0 Å². The maximum atomic E-state index is 3.44. The second kappa shape index (κ2) is 3.63. The van der Waals surface area contributed by atoms with Crippen LogP contribution in [0.3, 0.4) is 0 Å². The molecule has 0 radical (unpaired) electrons. The van der Waals surface area contributed by atoms with Gasteiger partial charge in [0, 0.05) is 29.6 Å². The summed E-state index contributed by atoms with van der Waals surface area (Å²) in [7, 11) is 0. The van der Waals surface area contributed by atoms with Crippen molar-refractivity contribution in [2.45, 2.75) is 33.4 Å². The van der Waals surface area contributed by atoms with Crippen LogP contribution in [0.25, 0.3) is 10.9 Å². The van der Waals surface area contributed by atoms with Crippen LogP contribution in [0.1, 0.15) is 23.7 Å². The molecule has 2 nitrogen and oxygen atoms in total. The standard InChI is InChI=1S/C14H18N2/c1-3-11-4-5-14-12(8-11)10(2)13-6-7-15-9-16(13)14/h4-5,8,15H,3,6-7,9H2,1-2H3. The Balaban J connectivity index is 2.30. The molecule has 0 atom stereocenters. The van der Waals surface area contributed by atoms with Crippen molar-refractivity contribution < 1.29 is 0 Å². The first-order valence-corrected chi connectivity index (χ1v) is 6.12. The minimum Gasteiger partial charge on any atom is -0.331 e. The number of aromatic nitrogens is 1. The molecule has 0 spiro atoms. The van der Waals surface area contributed by atoms with Crippen molar-refractivity contribution in [3.05, 3.63) is 35.0 Å². The molecule has 84 valence electrons. The molecule has 0 saturated heterocycles. The predicted molar refractivity (Wildman–Crippen MR) is 67.8 cm³/mol. The van der Waals surface area contributed by atoms with Crippen LogP contribution in [0.5, 0.6) is 0 Å². The minimum absolute atomic E-state index is 0.963. The minimum atomic E-state index is 0.963. The number of benzene rings is 1. The lowest BCUT2D eigenvalue weighted by Crippen LogP contribution is -2.28. The summed E-state index contributed by atoms with van der Waals surface area (Å²) in [5.41, 5.74) is 5.82. The number of fused-ring (bicyclic) bond motifs is 3. The third-order valence-electron chi connectivity index (χ3n) is 3.73. The van der Waals surface area contributed by atoms with Crippen molar-refractivity contribution in [2.24, 2.45) is 0 Å². The van der Waals surface area contributed by atoms with Crippen molar-refractivity contribution in [1.29, 1.82) is 0 Å². The Labute approximate surface area is 96.3 Å². The zero-order chi connectivity index (χ0) is 11.1. The van der Waals surface area contributed by atoms with Crippen LogP contribution in [-0.2, 0) is 19.5 Å². The van der Waals surface area contributed by atoms with Gasteiger partial charge in [-0.2, -0.15) is 0 Å². The Kier molecular flexibility index (Phi) is 2.25. The first-order valence-electron chi connectivity index (χ1n) is 6.12. The van der Waals surface area contributed by atoms with Gasteiger partial charge in [-0.15, -0.1) is 0 Å². The Morgan fingerprint density at radius 3 is 3.06 bits per heavy atom. The Morgan fingerprint density at radius 1 is 1.38 bits per heavy atom. The van der Waals surface area contributed by atoms with Gasteiger partial charge in [0.2, 0.25) is 0 Å². The first-order chi connectivity index (χ1) is 7.81. The molecule has 16 heavy (non-hydrogen) atoms. The topological polar surface area (TPSA) is 17.0 Å². The van der Waals surface area contributed by atoms with E-state index in [1.165, 1.54) is 27.7 Å². The highest BCUT2D eigenvalue weighted by atomic mass is 15.1. The van der Waals surface area contributed by atoms with E-state index in [1.54, 1.807) is 0 Å². The predicted octanol–water partition coefficient (Wildman–Crippen LogP) is 2.62. The van der Waals surface area contributed by atoms with Crippen LogP contribution in [0.2, 0.25) is 0 Å². The van der Waals surface area contributed by atoms with Crippen molar-refractivity contribution >= 4 is 10.9 Å². The van der Waals surface area contributed by atoms with Crippen molar-refractivity contribution in [3.8, 4) is 0 Å². The molecule has 2 heterocycles. The smallest absolute Gasteiger partial charge is 0.0728 e. The molecule has 2 aromatic rings. The molecule has 1 aliphatic heterocycles. The molecule has 0 saturated carbocycles. The average Bonchev–Trinajstić information content (AvgIpc) is 2.64. The molecule has 3 rings (SSSR count). The van der Waals surface area contributed by atoms with Crippen LogP contribution in [0.4, 0.5) is 0 Å². The maximum Gasteiger partial charge on any atom is 0.0728 e. The van der Waals surface area contributed by atoms with Gasteiger partial charge in [-0.1, -0.05) is 13.0 Å². The molecule has 2 heteroatoms. The van der Waals surface area contributed by atoms with E-state index in [9.17, 15) is 0 Å². The highest BCUT2D eigenvalue weighted by Crippen LogP contribution is 2.28. The van der Waals surface area contributed by atoms with Crippen molar-refractivity contribution in [2.75, 3.05) is 6.54 Å². The summed E-state index contributed by atoms with van der Waals surface area (Å²) in [6, 6.07) is 6.89. The molecular formula is C14H18N2. The first kappa shape index (κ1) is 9.91. The van der Waals surface area contributed by atoms with Crippen molar-refractivity contribution in [1.82, 2.24) is 9.88 Å². The zero-order valence-corrected chi connectivity index (χ0v) is 10.0. The summed E-state index contributed by atoms with van der Waals surface area (Å²) in [4.78, 5) is 0. The third kappa shape index (κ3) is 1.30. The van der Waals surface area contributed by atoms with Crippen LogP contribution in [-0.4, -0.2) is 11.1 Å². The zero-order valence-electron chi connectivity index (χ0n) is 10.0. The molecule has 0 bridgehead atoms. The van der Waals surface area contributed by atoms with Crippen LogP contribution < -0.4 is 5.32 Å². The Hall–Kier alpha value is -1.28. The molecule has 0 aliphatic carbocycles. The van der Waals surface area contributed by atoms with Crippen molar-refractivity contribution in [3.63, 3.8) is 0 Å². The van der Waals surface area contributed by atoms with Gasteiger partial charge in [0.25, 0.3) is 0 Å². The van der Waals surface area contributed by atoms with Gasteiger partial charge in [0.05, 0.1) is 6.67 Å². The van der Waals surface area contributed by atoms with E-state index < -0.39 is 0 Å². The second-order valence-electron chi connectivity index (χ2n) is 4.61. The fourth-order valence-electron chi connectivity index (χ4n) is 2.74. The quantitative estimate of drug-likeness (QED) is 0.772. The van der Waals surface area contributed by atoms with Gasteiger partial charge in [-0.3, -0.25) is 5.32 Å². The summed E-state index contributed by atoms with van der Waals surface area (Å²) >= 11 is 0. The Morgan fingerprint density at radius 2 is 2.25 bits per heavy atom. The van der Waals surface area contributed by atoms with Crippen LogP contribution in [0.15, 0.2) is 18.2 Å². The summed E-state index contributed by atoms with van der Waals surface area (Å²) in [6.45, 7) is 6.55. The number of aryl methyl sites for hydroxylation is 2. The lowest BCUT2D eigenvalue weighted by Gasteiger charge is -2.18. The van der Waals surface area contributed by atoms with Gasteiger partial charge in [0.15, 0.2) is 0 Å². The molecule has 1 aliphatic rings. The summed E-state index contributed by atoms with van der Waals surface area (Å²) in [5.74, 6) is 0. The molecule has 1 aromatic carbocycles. The fourth-order valence-corrected chi connectivity index (χ4v) is 2.74. The van der Waals surface area contributed by atoms with Crippen LogP contribution in [0, 0.1) is 6.92 Å². The molecule has 0 fully saturated rings. The third-order valence-corrected chi connectivity index (χ3v) is 3.73. The highest BCUT2D eigenvalue weighted by molar-refractivity contribution is 5.86. The maximum absolute atomic E-state index is 3.44. The second-order valence-corrected chi connectivity index (χ2v) is 4.61. The van der Waals surface area contributed by atoms with E-state index in [1.807, 2.05) is 0 Å². The lowest BCUT2D eigenvalue weighted by molar-refractivity contribution is 0.505. The van der Waals surface area contributed by atoms with E-state index in [-0.39, 0.29) is 0 Å². The lowest BCUT2D eigenvalue weighted by atomic mass is 10.1. The van der Waals surface area contributed by atoms with Gasteiger partial charge >= 0.3 is 0 Å². The van der Waals surface area contributed by atoms with E-state index in [2.05, 4.69) is 41.9 Å². The fraction of sp³-hybridized carbons (Fsp3) is 0.429. The molecule has 1 N–H and O–H groups in total. The summed E-state index contributed by atoms with van der Waals surface area (Å²) < 4.78 is 2.42. The van der Waals surface area contributed by atoms with Gasteiger partial charge in [-0.05, 0) is 36.6 Å². The Bertz CT molecular complexity index is 537. The molecule has 0 unspecified atom stereocenters. The van der Waals surface area contributed by atoms with E-state index in [4.69, 9.17) is 0 Å². The molecule has 1 aromatic heterocycles. The summed E-state index contributed by atoms with van der Waals surface area (Å²) in [6.07, 6.45) is 2.27. The normalized spacial score (nSPS) is 15.4.